The summed E-state index contributed by atoms with van der Waals surface area (Å²) in [7, 11) is 1.61. The zero-order valence-electron chi connectivity index (χ0n) is 19.3. The van der Waals surface area contributed by atoms with Gasteiger partial charge in [-0.05, 0) is 71.8 Å². The molecule has 1 saturated heterocycles. The predicted molar refractivity (Wildman–Crippen MR) is 128 cm³/mol. The fourth-order valence-corrected chi connectivity index (χ4v) is 4.99. The molecule has 2 atom stereocenters. The van der Waals surface area contributed by atoms with E-state index >= 15 is 0 Å². The quantitative estimate of drug-likeness (QED) is 0.571. The summed E-state index contributed by atoms with van der Waals surface area (Å²) in [4.78, 5) is 39.9. The normalized spacial score (nSPS) is 21.8. The molecule has 1 fully saturated rings. The fourth-order valence-electron chi connectivity index (χ4n) is 4.99. The molecule has 0 radical (unpaired) electrons. The van der Waals surface area contributed by atoms with E-state index in [4.69, 9.17) is 4.74 Å². The minimum atomic E-state index is -1.25. The number of nitrogens with one attached hydrogen (secondary N) is 2. The summed E-state index contributed by atoms with van der Waals surface area (Å²) in [6.45, 7) is 1.36. The first-order chi connectivity index (χ1) is 16.4. The average Bonchev–Trinajstić information content (AvgIpc) is 3.07. The van der Waals surface area contributed by atoms with Gasteiger partial charge >= 0.3 is 6.03 Å². The molecule has 0 bridgehead atoms. The second-order valence-corrected chi connectivity index (χ2v) is 9.09. The molecular formula is C27H27N3O4. The molecule has 0 aromatic heterocycles. The van der Waals surface area contributed by atoms with E-state index in [2.05, 4.69) is 16.7 Å². The van der Waals surface area contributed by atoms with Crippen molar-refractivity contribution >= 4 is 28.6 Å². The smallest absolute Gasteiger partial charge is 0.325 e. The Bertz CT molecular complexity index is 1300. The lowest BCUT2D eigenvalue weighted by Gasteiger charge is -2.27. The summed E-state index contributed by atoms with van der Waals surface area (Å²) >= 11 is 0. The zero-order chi connectivity index (χ0) is 23.9. The van der Waals surface area contributed by atoms with Gasteiger partial charge in [0.2, 0.25) is 5.91 Å². The lowest BCUT2D eigenvalue weighted by molar-refractivity contribution is -0.135. The molecule has 1 heterocycles. The standard InChI is InChI=1S/C27H27N3O4/c1-27(20-12-10-19-15-21(34-2)13-11-18(19)14-20)25(32)30(26(33)29-27)16-24(31)28-23-9-5-7-17-6-3-4-8-22(17)23/h3-4,6,8,10-15,23H,5,7,9,16H2,1-2H3,(H,28,31)(H,29,33)/t23-,27+/m0/s1. The highest BCUT2D eigenvalue weighted by Gasteiger charge is 2.49. The van der Waals surface area contributed by atoms with Gasteiger partial charge in [-0.2, -0.15) is 0 Å². The number of benzene rings is 3. The van der Waals surface area contributed by atoms with Crippen molar-refractivity contribution in [3.63, 3.8) is 0 Å². The van der Waals surface area contributed by atoms with Gasteiger partial charge in [0.25, 0.3) is 5.91 Å². The molecule has 3 aromatic rings. The lowest BCUT2D eigenvalue weighted by Crippen LogP contribution is -2.44. The predicted octanol–water partition coefficient (Wildman–Crippen LogP) is 3.81. The molecule has 7 nitrogen and oxygen atoms in total. The zero-order valence-corrected chi connectivity index (χ0v) is 19.3. The molecule has 3 aromatic carbocycles. The number of aryl methyl sites for hydroxylation is 1. The van der Waals surface area contributed by atoms with Crippen molar-refractivity contribution < 1.29 is 19.1 Å². The van der Waals surface area contributed by atoms with E-state index in [9.17, 15) is 14.4 Å². The van der Waals surface area contributed by atoms with Crippen molar-refractivity contribution in [3.05, 3.63) is 77.4 Å². The molecule has 0 unspecified atom stereocenters. The average molecular weight is 458 g/mol. The van der Waals surface area contributed by atoms with Crippen LogP contribution in [0.4, 0.5) is 4.79 Å². The molecule has 5 rings (SSSR count). The van der Waals surface area contributed by atoms with Crippen LogP contribution in [0.5, 0.6) is 5.75 Å². The van der Waals surface area contributed by atoms with Gasteiger partial charge in [0.05, 0.1) is 13.2 Å². The minimum absolute atomic E-state index is 0.109. The van der Waals surface area contributed by atoms with Gasteiger partial charge in [0.1, 0.15) is 17.8 Å². The van der Waals surface area contributed by atoms with Crippen LogP contribution in [0.1, 0.15) is 42.5 Å². The molecule has 2 N–H and O–H groups in total. The topological polar surface area (TPSA) is 87.7 Å². The Balaban J connectivity index is 1.33. The molecular weight excluding hydrogens is 430 g/mol. The van der Waals surface area contributed by atoms with E-state index < -0.39 is 17.5 Å². The number of carbonyl (C=O) groups is 3. The molecule has 0 spiro atoms. The van der Waals surface area contributed by atoms with Crippen LogP contribution < -0.4 is 15.4 Å². The maximum Gasteiger partial charge on any atom is 0.325 e. The molecule has 34 heavy (non-hydrogen) atoms. The SMILES string of the molecule is COc1ccc2cc([C@@]3(C)NC(=O)N(CC(=O)N[C@H]4CCCc5ccccc54)C3=O)ccc2c1. The minimum Gasteiger partial charge on any atom is -0.497 e. The number of urea groups is 1. The summed E-state index contributed by atoms with van der Waals surface area (Å²) < 4.78 is 5.27. The summed E-state index contributed by atoms with van der Waals surface area (Å²) in [5.74, 6) is -0.0425. The lowest BCUT2D eigenvalue weighted by atomic mass is 9.88. The summed E-state index contributed by atoms with van der Waals surface area (Å²) in [6, 6.07) is 18.7. The highest BCUT2D eigenvalue weighted by atomic mass is 16.5. The van der Waals surface area contributed by atoms with Crippen LogP contribution in [0, 0.1) is 0 Å². The number of carbonyl (C=O) groups excluding carboxylic acids is 3. The third kappa shape index (κ3) is 3.77. The van der Waals surface area contributed by atoms with E-state index in [1.54, 1.807) is 14.0 Å². The van der Waals surface area contributed by atoms with E-state index in [-0.39, 0.29) is 18.5 Å². The Morgan fingerprint density at radius 2 is 1.88 bits per heavy atom. The first kappa shape index (κ1) is 21.9. The Morgan fingerprint density at radius 1 is 1.12 bits per heavy atom. The number of fused-ring (bicyclic) bond motifs is 2. The third-order valence-electron chi connectivity index (χ3n) is 6.91. The number of nitrogens with zero attached hydrogens (tertiary/aromatic N) is 1. The Kier molecular flexibility index (Phi) is 5.48. The van der Waals surface area contributed by atoms with E-state index in [1.807, 2.05) is 54.6 Å². The molecule has 0 saturated carbocycles. The number of methoxy groups -OCH3 is 1. The van der Waals surface area contributed by atoms with Gasteiger partial charge in [-0.3, -0.25) is 14.5 Å². The van der Waals surface area contributed by atoms with Crippen molar-refractivity contribution in [2.75, 3.05) is 13.7 Å². The van der Waals surface area contributed by atoms with Gasteiger partial charge in [-0.1, -0.05) is 42.5 Å². The van der Waals surface area contributed by atoms with Crippen LogP contribution in [0.25, 0.3) is 10.8 Å². The van der Waals surface area contributed by atoms with E-state index in [0.29, 0.717) is 5.56 Å². The second kappa shape index (κ2) is 8.48. The maximum absolute atomic E-state index is 13.3. The van der Waals surface area contributed by atoms with Crippen molar-refractivity contribution in [1.29, 1.82) is 0 Å². The van der Waals surface area contributed by atoms with Crippen LogP contribution in [0.2, 0.25) is 0 Å². The van der Waals surface area contributed by atoms with Gasteiger partial charge in [-0.15, -0.1) is 0 Å². The first-order valence-electron chi connectivity index (χ1n) is 11.5. The molecule has 2 aliphatic rings. The van der Waals surface area contributed by atoms with Gasteiger partial charge < -0.3 is 15.4 Å². The van der Waals surface area contributed by atoms with Crippen LogP contribution in [-0.4, -0.2) is 36.4 Å². The van der Waals surface area contributed by atoms with E-state index in [0.717, 1.165) is 46.2 Å². The monoisotopic (exact) mass is 457 g/mol. The van der Waals surface area contributed by atoms with Gasteiger partial charge in [0.15, 0.2) is 0 Å². The number of hydrogen-bond acceptors (Lipinski definition) is 4. The highest BCUT2D eigenvalue weighted by molar-refractivity contribution is 6.09. The van der Waals surface area contributed by atoms with Crippen LogP contribution in [0.3, 0.4) is 0 Å². The van der Waals surface area contributed by atoms with E-state index in [1.165, 1.54) is 5.56 Å². The number of rotatable bonds is 5. The molecule has 7 heteroatoms. The van der Waals surface area contributed by atoms with Crippen LogP contribution in [0.15, 0.2) is 60.7 Å². The first-order valence-corrected chi connectivity index (χ1v) is 11.5. The number of imide groups is 1. The van der Waals surface area contributed by atoms with Crippen molar-refractivity contribution in [2.45, 2.75) is 37.8 Å². The van der Waals surface area contributed by atoms with Crippen molar-refractivity contribution in [2.24, 2.45) is 0 Å². The van der Waals surface area contributed by atoms with Crippen molar-refractivity contribution in [3.8, 4) is 5.75 Å². The van der Waals surface area contributed by atoms with Gasteiger partial charge in [0, 0.05) is 0 Å². The molecule has 174 valence electrons. The summed E-state index contributed by atoms with van der Waals surface area (Å²) in [5.41, 5.74) is 1.75. The molecule has 1 aliphatic heterocycles. The maximum atomic E-state index is 13.3. The largest absolute Gasteiger partial charge is 0.497 e. The second-order valence-electron chi connectivity index (χ2n) is 9.09. The number of amides is 4. The number of hydrogen-bond donors (Lipinski definition) is 2. The molecule has 1 aliphatic carbocycles. The van der Waals surface area contributed by atoms with Gasteiger partial charge in [-0.25, -0.2) is 4.79 Å². The van der Waals surface area contributed by atoms with Crippen LogP contribution in [-0.2, 0) is 21.5 Å². The Labute approximate surface area is 198 Å². The summed E-state index contributed by atoms with van der Waals surface area (Å²) in [6.07, 6.45) is 2.81. The Hall–Kier alpha value is -3.87. The number of ether oxygens (including phenoxy) is 1. The third-order valence-corrected chi connectivity index (χ3v) is 6.91. The molecule has 4 amide bonds. The summed E-state index contributed by atoms with van der Waals surface area (Å²) in [5, 5.41) is 7.70. The fraction of sp³-hybridized carbons (Fsp3) is 0.296. The Morgan fingerprint density at radius 3 is 2.71 bits per heavy atom. The van der Waals surface area contributed by atoms with Crippen molar-refractivity contribution in [1.82, 2.24) is 15.5 Å². The van der Waals surface area contributed by atoms with Crippen LogP contribution >= 0.6 is 0 Å². The highest BCUT2D eigenvalue weighted by Crippen LogP contribution is 2.33.